The van der Waals surface area contributed by atoms with E-state index in [0.29, 0.717) is 19.0 Å². The first-order valence-corrected chi connectivity index (χ1v) is 12.0. The van der Waals surface area contributed by atoms with Crippen molar-refractivity contribution in [3.63, 3.8) is 0 Å². The Balaban J connectivity index is 1.51. The molecule has 0 bridgehead atoms. The maximum absolute atomic E-state index is 12.7. The predicted octanol–water partition coefficient (Wildman–Crippen LogP) is 2.38. The van der Waals surface area contributed by atoms with Crippen LogP contribution in [0.1, 0.15) is 62.5 Å². The summed E-state index contributed by atoms with van der Waals surface area (Å²) in [6, 6.07) is 0. The van der Waals surface area contributed by atoms with Gasteiger partial charge in [0.15, 0.2) is 5.96 Å². The third kappa shape index (κ3) is 6.45. The molecular weight excluding hydrogens is 392 g/mol. The highest BCUT2D eigenvalue weighted by atomic mass is 16.5. The summed E-state index contributed by atoms with van der Waals surface area (Å²) < 4.78 is 5.32. The Bertz CT molecular complexity index is 711. The van der Waals surface area contributed by atoms with Gasteiger partial charge in [0.1, 0.15) is 5.76 Å². The minimum atomic E-state index is 0.257. The molecule has 0 aliphatic carbocycles. The Hall–Kier alpha value is -2.09. The molecule has 3 heterocycles. The van der Waals surface area contributed by atoms with Crippen molar-refractivity contribution in [1.82, 2.24) is 25.2 Å². The first-order valence-electron chi connectivity index (χ1n) is 12.0. The second-order valence-corrected chi connectivity index (χ2v) is 8.89. The van der Waals surface area contributed by atoms with Crippen molar-refractivity contribution in [2.45, 2.75) is 59.3 Å². The van der Waals surface area contributed by atoms with Crippen molar-refractivity contribution in [1.29, 1.82) is 0 Å². The lowest BCUT2D eigenvalue weighted by Gasteiger charge is -2.37. The van der Waals surface area contributed by atoms with Crippen LogP contribution in [0.15, 0.2) is 9.52 Å². The van der Waals surface area contributed by atoms with E-state index in [9.17, 15) is 4.79 Å². The van der Waals surface area contributed by atoms with E-state index in [-0.39, 0.29) is 5.92 Å². The van der Waals surface area contributed by atoms with Gasteiger partial charge in [-0.15, -0.1) is 0 Å². The first-order chi connectivity index (χ1) is 15.0. The topological polar surface area (TPSA) is 77.2 Å². The highest BCUT2D eigenvalue weighted by molar-refractivity contribution is 5.80. The van der Waals surface area contributed by atoms with Gasteiger partial charge in [-0.25, -0.2) is 0 Å². The maximum atomic E-state index is 12.7. The number of amides is 1. The smallest absolute Gasteiger partial charge is 0.236 e. The van der Waals surface area contributed by atoms with E-state index < -0.39 is 0 Å². The van der Waals surface area contributed by atoms with E-state index in [4.69, 9.17) is 9.52 Å². The summed E-state index contributed by atoms with van der Waals surface area (Å²) in [6.45, 7) is 15.7. The molecular formula is C23H40N6O2. The molecule has 0 aromatic carbocycles. The van der Waals surface area contributed by atoms with Crippen LogP contribution in [0.4, 0.5) is 0 Å². The fourth-order valence-corrected chi connectivity index (χ4v) is 4.66. The van der Waals surface area contributed by atoms with Gasteiger partial charge in [0.05, 0.1) is 12.2 Å². The van der Waals surface area contributed by atoms with Gasteiger partial charge < -0.3 is 19.6 Å². The second kappa shape index (κ2) is 11.5. The number of piperazine rings is 1. The molecule has 174 valence electrons. The summed E-state index contributed by atoms with van der Waals surface area (Å²) in [4.78, 5) is 24.3. The van der Waals surface area contributed by atoms with Crippen LogP contribution < -0.4 is 5.32 Å². The molecule has 2 aliphatic rings. The summed E-state index contributed by atoms with van der Waals surface area (Å²) in [5.74, 6) is 2.39. The lowest BCUT2D eigenvalue weighted by Crippen LogP contribution is -2.54. The molecule has 0 spiro atoms. The number of hydrogen-bond donors (Lipinski definition) is 1. The predicted molar refractivity (Wildman–Crippen MR) is 123 cm³/mol. The zero-order valence-electron chi connectivity index (χ0n) is 19.8. The van der Waals surface area contributed by atoms with Crippen molar-refractivity contribution in [3.8, 4) is 0 Å². The molecule has 1 aromatic rings. The van der Waals surface area contributed by atoms with Gasteiger partial charge in [-0.2, -0.15) is 0 Å². The maximum Gasteiger partial charge on any atom is 0.236 e. The first kappa shape index (κ1) is 23.6. The molecule has 8 heteroatoms. The van der Waals surface area contributed by atoms with Gasteiger partial charge in [-0.3, -0.25) is 14.7 Å². The summed E-state index contributed by atoms with van der Waals surface area (Å²) in [5, 5.41) is 7.51. The van der Waals surface area contributed by atoms with E-state index in [2.05, 4.69) is 39.0 Å². The molecule has 1 aromatic heterocycles. The minimum absolute atomic E-state index is 0.257. The molecule has 1 atom stereocenters. The number of aliphatic imine (C=N–C) groups is 1. The van der Waals surface area contributed by atoms with E-state index >= 15 is 0 Å². The highest BCUT2D eigenvalue weighted by Crippen LogP contribution is 2.23. The van der Waals surface area contributed by atoms with E-state index in [0.717, 1.165) is 81.6 Å². The lowest BCUT2D eigenvalue weighted by molar-refractivity contribution is -0.132. The number of nitrogens with zero attached hydrogens (tertiary/aromatic N) is 5. The number of hydrogen-bond acceptors (Lipinski definition) is 5. The van der Waals surface area contributed by atoms with Crippen molar-refractivity contribution in [3.05, 3.63) is 17.0 Å². The van der Waals surface area contributed by atoms with Crippen LogP contribution in [-0.2, 0) is 4.79 Å². The van der Waals surface area contributed by atoms with Gasteiger partial charge in [-0.1, -0.05) is 24.9 Å². The van der Waals surface area contributed by atoms with E-state index in [1.807, 2.05) is 13.8 Å². The summed E-state index contributed by atoms with van der Waals surface area (Å²) in [5.41, 5.74) is 2.12. The fourth-order valence-electron chi connectivity index (χ4n) is 4.66. The molecule has 0 radical (unpaired) electrons. The van der Waals surface area contributed by atoms with Crippen LogP contribution in [0.5, 0.6) is 0 Å². The molecule has 31 heavy (non-hydrogen) atoms. The molecule has 1 unspecified atom stereocenters. The van der Waals surface area contributed by atoms with Crippen molar-refractivity contribution < 1.29 is 9.32 Å². The Morgan fingerprint density at radius 3 is 2.32 bits per heavy atom. The minimum Gasteiger partial charge on any atom is -0.361 e. The molecule has 1 N–H and O–H groups in total. The number of aryl methyl sites for hydroxylation is 2. The van der Waals surface area contributed by atoms with E-state index in [1.54, 1.807) is 0 Å². The van der Waals surface area contributed by atoms with Crippen molar-refractivity contribution in [2.75, 3.05) is 58.9 Å². The Labute approximate surface area is 187 Å². The summed E-state index contributed by atoms with van der Waals surface area (Å²) >= 11 is 0. The Morgan fingerprint density at radius 2 is 1.74 bits per heavy atom. The monoisotopic (exact) mass is 432 g/mol. The number of carbonyl (C=O) groups is 1. The number of nitrogens with one attached hydrogen (secondary N) is 1. The van der Waals surface area contributed by atoms with Gasteiger partial charge >= 0.3 is 0 Å². The highest BCUT2D eigenvalue weighted by Gasteiger charge is 2.24. The number of aromatic nitrogens is 1. The third-order valence-corrected chi connectivity index (χ3v) is 6.42. The largest absolute Gasteiger partial charge is 0.361 e. The van der Waals surface area contributed by atoms with Crippen molar-refractivity contribution in [2.24, 2.45) is 4.99 Å². The van der Waals surface area contributed by atoms with Crippen LogP contribution in [0.3, 0.4) is 0 Å². The van der Waals surface area contributed by atoms with Crippen LogP contribution >= 0.6 is 0 Å². The number of carbonyl (C=O) groups excluding carboxylic acids is 1. The summed E-state index contributed by atoms with van der Waals surface area (Å²) in [7, 11) is 0. The summed E-state index contributed by atoms with van der Waals surface area (Å²) in [6.07, 6.45) is 4.80. The molecule has 1 amide bonds. The SMILES string of the molecule is CCNC(=NCC(C)c1c(C)noc1C)N1CCN(CC(=O)N2CCCCCC2)CC1. The van der Waals surface area contributed by atoms with Crippen LogP contribution in [0.25, 0.3) is 0 Å². The van der Waals surface area contributed by atoms with Crippen LogP contribution in [-0.4, -0.2) is 90.6 Å². The average Bonchev–Trinajstić information content (AvgIpc) is 2.96. The molecule has 0 saturated carbocycles. The zero-order chi connectivity index (χ0) is 22.2. The normalized spacial score (nSPS) is 19.9. The Kier molecular flexibility index (Phi) is 8.75. The standard InChI is InChI=1S/C23H40N6O2/c1-5-24-23(25-16-18(2)22-19(3)26-31-20(22)4)29-14-12-27(13-15-29)17-21(30)28-10-8-6-7-9-11-28/h18H,5-17H2,1-4H3,(H,24,25). The second-order valence-electron chi connectivity index (χ2n) is 8.89. The van der Waals surface area contributed by atoms with Gasteiger partial charge in [0, 0.05) is 63.8 Å². The molecule has 2 saturated heterocycles. The lowest BCUT2D eigenvalue weighted by atomic mass is 10.00. The van der Waals surface area contributed by atoms with Gasteiger partial charge in [-0.05, 0) is 33.6 Å². The van der Waals surface area contributed by atoms with E-state index in [1.165, 1.54) is 12.8 Å². The number of guanidine groups is 1. The van der Waals surface area contributed by atoms with Gasteiger partial charge in [0.25, 0.3) is 0 Å². The van der Waals surface area contributed by atoms with Crippen LogP contribution in [0.2, 0.25) is 0 Å². The van der Waals surface area contributed by atoms with Crippen LogP contribution in [0, 0.1) is 13.8 Å². The fraction of sp³-hybridized carbons (Fsp3) is 0.783. The molecule has 2 aliphatic heterocycles. The zero-order valence-corrected chi connectivity index (χ0v) is 19.8. The number of rotatable bonds is 6. The Morgan fingerprint density at radius 1 is 1.06 bits per heavy atom. The average molecular weight is 433 g/mol. The third-order valence-electron chi connectivity index (χ3n) is 6.42. The molecule has 2 fully saturated rings. The van der Waals surface area contributed by atoms with Crippen molar-refractivity contribution >= 4 is 11.9 Å². The molecule has 8 nitrogen and oxygen atoms in total. The van der Waals surface area contributed by atoms with Gasteiger partial charge in [0.2, 0.25) is 5.91 Å². The quantitative estimate of drug-likeness (QED) is 0.549. The molecule has 3 rings (SSSR count). The number of likely N-dealkylation sites (tertiary alicyclic amines) is 1.